The molecule has 0 spiro atoms. The first-order chi connectivity index (χ1) is 11.4. The van der Waals surface area contributed by atoms with Gasteiger partial charge in [-0.1, -0.05) is 49.6 Å². The van der Waals surface area contributed by atoms with Crippen molar-refractivity contribution >= 4 is 15.5 Å². The number of alkyl halides is 3. The molecule has 0 saturated heterocycles. The van der Waals surface area contributed by atoms with Gasteiger partial charge in [0.05, 0.1) is 0 Å². The highest BCUT2D eigenvalue weighted by atomic mass is 32.2. The van der Waals surface area contributed by atoms with E-state index < -0.39 is 27.4 Å². The van der Waals surface area contributed by atoms with E-state index in [1.807, 2.05) is 30.3 Å². The average molecular weight is 356 g/mol. The molecule has 1 unspecified atom stereocenters. The Labute approximate surface area is 139 Å². The first-order valence-electron chi connectivity index (χ1n) is 8.02. The van der Waals surface area contributed by atoms with Gasteiger partial charge in [-0.15, -0.1) is 0 Å². The third kappa shape index (κ3) is 3.71. The lowest BCUT2D eigenvalue weighted by molar-refractivity contribution is -0.115. The molecule has 0 bridgehead atoms. The molecule has 1 heterocycles. The molecular formula is C17H19F3N2OS. The van der Waals surface area contributed by atoms with Gasteiger partial charge in [0.25, 0.3) is 5.91 Å². The topological polar surface area (TPSA) is 41.8 Å². The van der Waals surface area contributed by atoms with Crippen molar-refractivity contribution in [1.29, 1.82) is 0 Å². The first kappa shape index (κ1) is 17.2. The molecule has 0 radical (unpaired) electrons. The maximum absolute atomic E-state index is 13.2. The molecule has 2 aliphatic rings. The second kappa shape index (κ2) is 6.70. The Hall–Kier alpha value is -1.63. The quantitative estimate of drug-likeness (QED) is 0.749. The summed E-state index contributed by atoms with van der Waals surface area (Å²) in [5, 5.41) is -0.0542. The minimum atomic E-state index is -4.62. The summed E-state index contributed by atoms with van der Waals surface area (Å²) in [5.41, 5.74) is -0.194. The van der Waals surface area contributed by atoms with Gasteiger partial charge in [-0.3, -0.25) is 4.79 Å². The second-order valence-electron chi connectivity index (χ2n) is 6.16. The number of carbonyl (C=O) groups is 1. The van der Waals surface area contributed by atoms with Crippen molar-refractivity contribution < 1.29 is 18.0 Å². The highest BCUT2D eigenvalue weighted by molar-refractivity contribution is 7.96. The van der Waals surface area contributed by atoms with Crippen LogP contribution in [0.25, 0.3) is 0 Å². The molecule has 1 saturated carbocycles. The summed E-state index contributed by atoms with van der Waals surface area (Å²) in [6.45, 7) is 0. The Balaban J connectivity index is 2.12. The number of allylic oxidation sites excluding steroid dienone is 1. The fraction of sp³-hybridized carbons (Fsp3) is 0.471. The van der Waals surface area contributed by atoms with Crippen molar-refractivity contribution in [1.82, 2.24) is 0 Å². The molecule has 130 valence electrons. The largest absolute Gasteiger partial charge is 0.434 e. The zero-order chi connectivity index (χ0) is 17.2. The minimum absolute atomic E-state index is 0.0542. The Bertz CT molecular complexity index is 769. The lowest BCUT2D eigenvalue weighted by Gasteiger charge is -2.31. The normalized spacial score (nSPS) is 25.6. The Kier molecular flexibility index (Phi) is 4.80. The lowest BCUT2D eigenvalue weighted by Crippen LogP contribution is -2.29. The van der Waals surface area contributed by atoms with Gasteiger partial charge >= 0.3 is 6.18 Å². The molecule has 1 aliphatic heterocycles. The van der Waals surface area contributed by atoms with Gasteiger partial charge in [-0.25, -0.2) is 4.36 Å². The molecule has 1 amide bonds. The number of halogens is 3. The maximum atomic E-state index is 13.2. The maximum Gasteiger partial charge on any atom is 0.434 e. The number of rotatable bonds is 3. The molecule has 24 heavy (non-hydrogen) atoms. The number of hydrogen-bond acceptors (Lipinski definition) is 2. The highest BCUT2D eigenvalue weighted by Gasteiger charge is 2.39. The van der Waals surface area contributed by atoms with Crippen LogP contribution in [-0.4, -0.2) is 17.3 Å². The van der Waals surface area contributed by atoms with Gasteiger partial charge in [-0.05, 0) is 28.0 Å². The van der Waals surface area contributed by atoms with Crippen LogP contribution in [0.15, 0.2) is 50.8 Å². The van der Waals surface area contributed by atoms with Gasteiger partial charge in [0.1, 0.15) is 0 Å². The van der Waals surface area contributed by atoms with E-state index in [4.69, 9.17) is 0 Å². The summed E-state index contributed by atoms with van der Waals surface area (Å²) in [5.74, 6) is -0.494. The van der Waals surface area contributed by atoms with Crippen molar-refractivity contribution in [3.05, 3.63) is 47.7 Å². The van der Waals surface area contributed by atoms with Crippen LogP contribution in [0.3, 0.4) is 0 Å². The molecule has 1 aliphatic carbocycles. The summed E-state index contributed by atoms with van der Waals surface area (Å²) >= 11 is 0. The fourth-order valence-electron chi connectivity index (χ4n) is 3.24. The van der Waals surface area contributed by atoms with E-state index in [1.165, 1.54) is 0 Å². The third-order valence-electron chi connectivity index (χ3n) is 4.36. The molecule has 3 nitrogen and oxygen atoms in total. The SMILES string of the molecule is O=C1C=C(C(F)(F)F)N=S(Cc2ccccc2)(C2CCCCC2)=N1. The number of benzene rings is 1. The monoisotopic (exact) mass is 356 g/mol. The van der Waals surface area contributed by atoms with E-state index >= 15 is 0 Å². The van der Waals surface area contributed by atoms with Gasteiger partial charge in [-0.2, -0.15) is 17.5 Å². The van der Waals surface area contributed by atoms with Crippen molar-refractivity contribution in [2.45, 2.75) is 49.3 Å². The minimum Gasteiger partial charge on any atom is -0.267 e. The van der Waals surface area contributed by atoms with E-state index in [-0.39, 0.29) is 5.25 Å². The average Bonchev–Trinajstić information content (AvgIpc) is 2.55. The van der Waals surface area contributed by atoms with Crippen LogP contribution in [0.4, 0.5) is 13.2 Å². The van der Waals surface area contributed by atoms with E-state index in [0.717, 1.165) is 37.7 Å². The first-order valence-corrected chi connectivity index (χ1v) is 9.79. The predicted molar refractivity (Wildman–Crippen MR) is 88.4 cm³/mol. The summed E-state index contributed by atoms with van der Waals surface area (Å²) in [4.78, 5) is 12.0. The van der Waals surface area contributed by atoms with Gasteiger partial charge in [0.2, 0.25) is 0 Å². The summed E-state index contributed by atoms with van der Waals surface area (Å²) in [7, 11) is -2.42. The molecular weight excluding hydrogens is 337 g/mol. The number of carbonyl (C=O) groups excluding carboxylic acids is 1. The Morgan fingerprint density at radius 2 is 1.71 bits per heavy atom. The molecule has 1 atom stereocenters. The number of amides is 1. The van der Waals surface area contributed by atoms with Crippen LogP contribution in [0, 0.1) is 0 Å². The predicted octanol–water partition coefficient (Wildman–Crippen LogP) is 5.03. The van der Waals surface area contributed by atoms with Crippen LogP contribution < -0.4 is 0 Å². The summed E-state index contributed by atoms with van der Waals surface area (Å²) in [6.07, 6.45) is 0.472. The fourth-order valence-corrected chi connectivity index (χ4v) is 6.58. The van der Waals surface area contributed by atoms with E-state index in [0.29, 0.717) is 11.8 Å². The van der Waals surface area contributed by atoms with E-state index in [2.05, 4.69) is 8.73 Å². The van der Waals surface area contributed by atoms with Crippen LogP contribution >= 0.6 is 0 Å². The van der Waals surface area contributed by atoms with Crippen molar-refractivity contribution in [2.24, 2.45) is 8.73 Å². The third-order valence-corrected chi connectivity index (χ3v) is 7.67. The van der Waals surface area contributed by atoms with E-state index in [9.17, 15) is 18.0 Å². The Morgan fingerprint density at radius 3 is 2.33 bits per heavy atom. The second-order valence-corrected chi connectivity index (χ2v) is 8.91. The molecule has 1 aromatic carbocycles. The molecule has 1 aromatic rings. The molecule has 3 rings (SSSR count). The standard InChI is InChI=1S/C17H19F3N2OS/c18-17(19,20)15-11-16(23)22-24(21-15,14-9-5-2-6-10-14)12-13-7-3-1-4-8-13/h1,3-4,7-8,11,14H,2,5-6,9-10,12H2. The zero-order valence-corrected chi connectivity index (χ0v) is 13.9. The van der Waals surface area contributed by atoms with Crippen molar-refractivity contribution in [3.8, 4) is 0 Å². The van der Waals surface area contributed by atoms with Gasteiger partial charge in [0.15, 0.2) is 5.70 Å². The smallest absolute Gasteiger partial charge is 0.267 e. The van der Waals surface area contributed by atoms with Crippen molar-refractivity contribution in [2.75, 3.05) is 0 Å². The number of hydrogen-bond donors (Lipinski definition) is 0. The van der Waals surface area contributed by atoms with Crippen LogP contribution in [0.2, 0.25) is 0 Å². The number of nitrogens with zero attached hydrogens (tertiary/aromatic N) is 2. The lowest BCUT2D eigenvalue weighted by atomic mass is 10.0. The molecule has 1 fully saturated rings. The van der Waals surface area contributed by atoms with E-state index in [1.54, 1.807) is 0 Å². The van der Waals surface area contributed by atoms with Crippen LogP contribution in [-0.2, 0) is 20.2 Å². The van der Waals surface area contributed by atoms with Crippen molar-refractivity contribution in [3.63, 3.8) is 0 Å². The summed E-state index contributed by atoms with van der Waals surface area (Å²) in [6, 6.07) is 9.26. The van der Waals surface area contributed by atoms with Gasteiger partial charge in [0, 0.05) is 17.1 Å². The zero-order valence-electron chi connectivity index (χ0n) is 13.1. The van der Waals surface area contributed by atoms with Crippen LogP contribution in [0.5, 0.6) is 0 Å². The Morgan fingerprint density at radius 1 is 1.04 bits per heavy atom. The highest BCUT2D eigenvalue weighted by Crippen LogP contribution is 2.36. The molecule has 0 aromatic heterocycles. The van der Waals surface area contributed by atoms with Gasteiger partial charge < -0.3 is 0 Å². The molecule has 0 N–H and O–H groups in total. The van der Waals surface area contributed by atoms with Crippen LogP contribution in [0.1, 0.15) is 37.7 Å². The summed E-state index contributed by atoms with van der Waals surface area (Å²) < 4.78 is 47.9. The molecule has 7 heteroatoms.